The zero-order valence-corrected chi connectivity index (χ0v) is 15.4. The fourth-order valence-corrected chi connectivity index (χ4v) is 4.29. The maximum Gasteiger partial charge on any atom is 0.237 e. The number of hydrogen-bond acceptors (Lipinski definition) is 3. The Morgan fingerprint density at radius 2 is 1.96 bits per heavy atom. The first-order valence-corrected chi connectivity index (χ1v) is 9.46. The van der Waals surface area contributed by atoms with Crippen LogP contribution in [0.2, 0.25) is 0 Å². The summed E-state index contributed by atoms with van der Waals surface area (Å²) in [4.78, 5) is 17.6. The molecule has 1 spiro atoms. The highest BCUT2D eigenvalue weighted by molar-refractivity contribution is 5.82. The van der Waals surface area contributed by atoms with Gasteiger partial charge in [0.25, 0.3) is 0 Å². The molecule has 2 aliphatic heterocycles. The van der Waals surface area contributed by atoms with E-state index in [1.54, 1.807) is 12.1 Å². The third-order valence-electron chi connectivity index (χ3n) is 5.85. The molecule has 2 fully saturated rings. The molecule has 1 aromatic rings. The molecule has 0 radical (unpaired) electrons. The first-order valence-electron chi connectivity index (χ1n) is 9.46. The van der Waals surface area contributed by atoms with Crippen LogP contribution in [0.3, 0.4) is 0 Å². The number of nitrogens with zero attached hydrogens (tertiary/aromatic N) is 2. The molecular weight excluding hydrogens is 317 g/mol. The Balaban J connectivity index is 1.62. The van der Waals surface area contributed by atoms with E-state index in [4.69, 9.17) is 0 Å². The van der Waals surface area contributed by atoms with Crippen molar-refractivity contribution in [2.75, 3.05) is 33.2 Å². The van der Waals surface area contributed by atoms with E-state index in [2.05, 4.69) is 29.1 Å². The lowest BCUT2D eigenvalue weighted by molar-refractivity contribution is -0.125. The number of halogens is 1. The average molecular weight is 347 g/mol. The summed E-state index contributed by atoms with van der Waals surface area (Å²) in [5, 5.41) is 3.07. The average Bonchev–Trinajstić information content (AvgIpc) is 2.96. The van der Waals surface area contributed by atoms with Gasteiger partial charge in [-0.1, -0.05) is 19.1 Å². The van der Waals surface area contributed by atoms with Crippen LogP contribution in [-0.4, -0.2) is 55.0 Å². The van der Waals surface area contributed by atoms with E-state index < -0.39 is 0 Å². The Kier molecular flexibility index (Phi) is 5.74. The van der Waals surface area contributed by atoms with Gasteiger partial charge < -0.3 is 10.2 Å². The molecule has 25 heavy (non-hydrogen) atoms. The summed E-state index contributed by atoms with van der Waals surface area (Å²) in [5.41, 5.74) is 1.24. The van der Waals surface area contributed by atoms with Gasteiger partial charge in [-0.25, -0.2) is 4.39 Å². The molecule has 138 valence electrons. The Morgan fingerprint density at radius 1 is 1.28 bits per heavy atom. The normalized spacial score (nSPS) is 23.9. The quantitative estimate of drug-likeness (QED) is 0.889. The van der Waals surface area contributed by atoms with Gasteiger partial charge in [-0.15, -0.1) is 0 Å². The lowest BCUT2D eigenvalue weighted by atomic mass is 9.76. The number of likely N-dealkylation sites (tertiary alicyclic amines) is 2. The van der Waals surface area contributed by atoms with Gasteiger partial charge in [-0.2, -0.15) is 0 Å². The van der Waals surface area contributed by atoms with Crippen molar-refractivity contribution < 1.29 is 9.18 Å². The van der Waals surface area contributed by atoms with Crippen LogP contribution in [-0.2, 0) is 11.3 Å². The molecule has 2 aliphatic rings. The van der Waals surface area contributed by atoms with Crippen molar-refractivity contribution in [1.29, 1.82) is 0 Å². The predicted molar refractivity (Wildman–Crippen MR) is 97.7 cm³/mol. The lowest BCUT2D eigenvalue weighted by Crippen LogP contribution is -2.43. The molecule has 0 aromatic heterocycles. The third kappa shape index (κ3) is 4.39. The van der Waals surface area contributed by atoms with Crippen LogP contribution in [0, 0.1) is 11.2 Å². The largest absolute Gasteiger partial charge is 0.351 e. The van der Waals surface area contributed by atoms with E-state index in [1.165, 1.54) is 25.0 Å². The number of rotatable bonds is 5. The van der Waals surface area contributed by atoms with Crippen LogP contribution < -0.4 is 5.32 Å². The van der Waals surface area contributed by atoms with Gasteiger partial charge in [0.2, 0.25) is 5.91 Å². The van der Waals surface area contributed by atoms with Crippen LogP contribution in [0.15, 0.2) is 24.3 Å². The zero-order valence-electron chi connectivity index (χ0n) is 15.4. The minimum Gasteiger partial charge on any atom is -0.351 e. The molecular formula is C20H30FN3O. The Hall–Kier alpha value is -1.46. The summed E-state index contributed by atoms with van der Waals surface area (Å²) in [6.07, 6.45) is 4.41. The molecule has 1 amide bonds. The molecule has 0 bridgehead atoms. The van der Waals surface area contributed by atoms with Gasteiger partial charge in [0, 0.05) is 13.1 Å². The maximum absolute atomic E-state index is 13.0. The molecule has 3 rings (SSSR count). The summed E-state index contributed by atoms with van der Waals surface area (Å²) >= 11 is 0. The molecule has 1 N–H and O–H groups in total. The number of carbonyl (C=O) groups excluding carboxylic acids is 1. The van der Waals surface area contributed by atoms with E-state index in [0.29, 0.717) is 12.0 Å². The van der Waals surface area contributed by atoms with Gasteiger partial charge in [0.05, 0.1) is 6.04 Å². The molecule has 1 atom stereocenters. The van der Waals surface area contributed by atoms with Gasteiger partial charge in [0.15, 0.2) is 0 Å². The van der Waals surface area contributed by atoms with Gasteiger partial charge in [-0.3, -0.25) is 9.69 Å². The molecule has 5 heteroatoms. The molecule has 4 nitrogen and oxygen atoms in total. The SMILES string of the molecule is CCCN1CC2(CCN(C)CC2)CC1C(=O)NCc1ccc(F)cc1. The molecule has 0 saturated carbocycles. The highest BCUT2D eigenvalue weighted by Gasteiger charge is 2.47. The number of benzene rings is 1. The summed E-state index contributed by atoms with van der Waals surface area (Å²) in [5.74, 6) is -0.127. The monoisotopic (exact) mass is 347 g/mol. The molecule has 2 heterocycles. The van der Waals surface area contributed by atoms with E-state index in [1.807, 2.05) is 0 Å². The predicted octanol–water partition coefficient (Wildman–Crippen LogP) is 2.64. The van der Waals surface area contributed by atoms with Gasteiger partial charge in [0.1, 0.15) is 5.82 Å². The second-order valence-corrected chi connectivity index (χ2v) is 7.84. The van der Waals surface area contributed by atoms with Crippen LogP contribution in [0.5, 0.6) is 0 Å². The number of amides is 1. The van der Waals surface area contributed by atoms with Crippen molar-refractivity contribution in [3.63, 3.8) is 0 Å². The second kappa shape index (κ2) is 7.83. The fraction of sp³-hybridized carbons (Fsp3) is 0.650. The highest BCUT2D eigenvalue weighted by atomic mass is 19.1. The summed E-state index contributed by atoms with van der Waals surface area (Å²) in [6.45, 7) is 6.92. The molecule has 0 aliphatic carbocycles. The van der Waals surface area contributed by atoms with Crippen LogP contribution in [0.4, 0.5) is 4.39 Å². The third-order valence-corrected chi connectivity index (χ3v) is 5.85. The number of piperidine rings is 1. The molecule has 1 unspecified atom stereocenters. The zero-order chi connectivity index (χ0) is 17.9. The van der Waals surface area contributed by atoms with Crippen LogP contribution >= 0.6 is 0 Å². The van der Waals surface area contributed by atoms with E-state index in [9.17, 15) is 9.18 Å². The van der Waals surface area contributed by atoms with E-state index >= 15 is 0 Å². The van der Waals surface area contributed by atoms with Crippen LogP contribution in [0.25, 0.3) is 0 Å². The summed E-state index contributed by atoms with van der Waals surface area (Å²) in [6, 6.07) is 6.31. The lowest BCUT2D eigenvalue weighted by Gasteiger charge is -2.37. The van der Waals surface area contributed by atoms with Crippen molar-refractivity contribution in [3.8, 4) is 0 Å². The van der Waals surface area contributed by atoms with Crippen molar-refractivity contribution in [2.24, 2.45) is 5.41 Å². The van der Waals surface area contributed by atoms with Crippen molar-refractivity contribution in [1.82, 2.24) is 15.1 Å². The van der Waals surface area contributed by atoms with E-state index in [0.717, 1.165) is 44.6 Å². The van der Waals surface area contributed by atoms with Gasteiger partial charge in [-0.05, 0) is 75.5 Å². The van der Waals surface area contributed by atoms with Gasteiger partial charge >= 0.3 is 0 Å². The number of nitrogens with one attached hydrogen (secondary N) is 1. The summed E-state index contributed by atoms with van der Waals surface area (Å²) < 4.78 is 13.0. The number of hydrogen-bond donors (Lipinski definition) is 1. The first kappa shape index (κ1) is 18.3. The highest BCUT2D eigenvalue weighted by Crippen LogP contribution is 2.43. The van der Waals surface area contributed by atoms with Crippen LogP contribution in [0.1, 0.15) is 38.2 Å². The Morgan fingerprint density at radius 3 is 2.60 bits per heavy atom. The Labute approximate surface area is 150 Å². The number of carbonyl (C=O) groups is 1. The first-order chi connectivity index (χ1) is 12.0. The topological polar surface area (TPSA) is 35.6 Å². The smallest absolute Gasteiger partial charge is 0.237 e. The molecule has 1 aromatic carbocycles. The standard InChI is InChI=1S/C20H30FN3O/c1-3-10-24-15-20(8-11-23(2)12-9-20)13-18(24)19(25)22-14-16-4-6-17(21)7-5-16/h4-7,18H,3,8-15H2,1-2H3,(H,22,25). The maximum atomic E-state index is 13.0. The van der Waals surface area contributed by atoms with E-state index in [-0.39, 0.29) is 17.8 Å². The van der Waals surface area contributed by atoms with Crippen molar-refractivity contribution >= 4 is 5.91 Å². The minimum absolute atomic E-state index is 0.0243. The van der Waals surface area contributed by atoms with Crippen molar-refractivity contribution in [2.45, 2.75) is 45.2 Å². The second-order valence-electron chi connectivity index (χ2n) is 7.84. The summed E-state index contributed by atoms with van der Waals surface area (Å²) in [7, 11) is 2.18. The Bertz CT molecular complexity index is 581. The van der Waals surface area contributed by atoms with Crippen molar-refractivity contribution in [3.05, 3.63) is 35.6 Å². The fourth-order valence-electron chi connectivity index (χ4n) is 4.29. The molecule has 2 saturated heterocycles. The minimum atomic E-state index is -0.246.